The molecule has 0 aliphatic rings. The normalized spacial score (nSPS) is 11.1. The smallest absolute Gasteiger partial charge is 0.271 e. The zero-order valence-corrected chi connectivity index (χ0v) is 17.9. The lowest BCUT2D eigenvalue weighted by atomic mass is 10.2. The Bertz CT molecular complexity index is 807. The highest BCUT2D eigenvalue weighted by Gasteiger charge is 2.50. The Balaban J connectivity index is 2.04. The number of para-hydroxylation sites is 3. The van der Waals surface area contributed by atoms with Crippen LogP contribution >= 0.6 is 7.94 Å². The molecule has 0 N–H and O–H groups in total. The zero-order valence-electron chi connectivity index (χ0n) is 17.0. The molecule has 4 heteroatoms. The molecule has 0 aliphatic heterocycles. The summed E-state index contributed by atoms with van der Waals surface area (Å²) in [6.45, 7) is 8.24. The van der Waals surface area contributed by atoms with Gasteiger partial charge >= 0.3 is 7.94 Å². The molecular formula is C24H28O3P+. The number of rotatable bonds is 8. The van der Waals surface area contributed by atoms with Crippen molar-refractivity contribution in [2.24, 2.45) is 0 Å². The number of hydrogen-bond donors (Lipinski definition) is 0. The molecule has 0 saturated heterocycles. The van der Waals surface area contributed by atoms with E-state index in [1.807, 2.05) is 93.6 Å². The van der Waals surface area contributed by atoms with Gasteiger partial charge in [-0.05, 0) is 62.1 Å². The van der Waals surface area contributed by atoms with Crippen LogP contribution in [-0.4, -0.2) is 6.16 Å². The third kappa shape index (κ3) is 4.85. The predicted molar refractivity (Wildman–Crippen MR) is 117 cm³/mol. The lowest BCUT2D eigenvalue weighted by Gasteiger charge is -2.24. The molecule has 0 bridgehead atoms. The Kier molecular flexibility index (Phi) is 6.59. The van der Waals surface area contributed by atoms with Gasteiger partial charge in [-0.1, -0.05) is 61.5 Å². The van der Waals surface area contributed by atoms with Gasteiger partial charge < -0.3 is 0 Å². The molecule has 0 fully saturated rings. The minimum atomic E-state index is -2.74. The van der Waals surface area contributed by atoms with Crippen LogP contribution in [0.5, 0.6) is 17.2 Å². The van der Waals surface area contributed by atoms with E-state index in [9.17, 15) is 0 Å². The number of benzene rings is 3. The molecule has 3 rings (SSSR count). The molecule has 3 aromatic rings. The summed E-state index contributed by atoms with van der Waals surface area (Å²) in [7, 11) is -2.74. The van der Waals surface area contributed by atoms with Crippen LogP contribution in [0.3, 0.4) is 0 Å². The first-order valence-corrected chi connectivity index (χ1v) is 11.4. The minimum Gasteiger partial charge on any atom is -0.271 e. The molecule has 0 radical (unpaired) electrons. The minimum absolute atomic E-state index is 0.685. The van der Waals surface area contributed by atoms with Crippen molar-refractivity contribution in [1.29, 1.82) is 0 Å². The average molecular weight is 395 g/mol. The summed E-state index contributed by atoms with van der Waals surface area (Å²) >= 11 is 0. The second-order valence-electron chi connectivity index (χ2n) is 6.90. The fraction of sp³-hybridized carbons (Fsp3) is 0.250. The standard InChI is InChI=1S/C24H28O3P/c1-5-18-28(25-22-15-9-6-12-19(22)2,26-23-16-10-7-13-20(23)3)27-24-17-11-8-14-21(24)4/h6-17H,5,18H2,1-4H3/q+1. The van der Waals surface area contributed by atoms with Gasteiger partial charge in [-0.25, -0.2) is 0 Å². The predicted octanol–water partition coefficient (Wildman–Crippen LogP) is 7.32. The maximum absolute atomic E-state index is 6.56. The molecule has 0 aliphatic carbocycles. The van der Waals surface area contributed by atoms with Gasteiger partial charge in [0.05, 0.1) is 0 Å². The van der Waals surface area contributed by atoms with Crippen molar-refractivity contribution < 1.29 is 13.6 Å². The maximum atomic E-state index is 6.56. The van der Waals surface area contributed by atoms with Crippen LogP contribution in [0, 0.1) is 20.8 Å². The van der Waals surface area contributed by atoms with E-state index in [2.05, 4.69) is 6.92 Å². The zero-order chi connectivity index (χ0) is 20.0. The summed E-state index contributed by atoms with van der Waals surface area (Å²) in [5, 5.41) is 0. The molecule has 0 heterocycles. The molecule has 0 aromatic heterocycles. The molecule has 146 valence electrons. The van der Waals surface area contributed by atoms with E-state index in [4.69, 9.17) is 13.6 Å². The SMILES string of the molecule is CCC[P+](Oc1ccccc1C)(Oc1ccccc1C)Oc1ccccc1C. The summed E-state index contributed by atoms with van der Waals surface area (Å²) in [5.41, 5.74) is 3.18. The van der Waals surface area contributed by atoms with Crippen molar-refractivity contribution in [2.75, 3.05) is 6.16 Å². The third-order valence-electron chi connectivity index (χ3n) is 4.49. The van der Waals surface area contributed by atoms with Crippen molar-refractivity contribution in [3.8, 4) is 17.2 Å². The Hall–Kier alpha value is -2.51. The largest absolute Gasteiger partial charge is 0.541 e. The van der Waals surface area contributed by atoms with Gasteiger partial charge in [-0.2, -0.15) is 0 Å². The summed E-state index contributed by atoms with van der Waals surface area (Å²) < 4.78 is 19.7. The first kappa shape index (κ1) is 20.2. The van der Waals surface area contributed by atoms with Crippen molar-refractivity contribution in [3.05, 3.63) is 89.5 Å². The van der Waals surface area contributed by atoms with Gasteiger partial charge in [0.1, 0.15) is 0 Å². The highest BCUT2D eigenvalue weighted by molar-refractivity contribution is 7.62. The van der Waals surface area contributed by atoms with Gasteiger partial charge in [0.2, 0.25) is 0 Å². The van der Waals surface area contributed by atoms with E-state index < -0.39 is 7.94 Å². The van der Waals surface area contributed by atoms with Crippen molar-refractivity contribution in [2.45, 2.75) is 34.1 Å². The van der Waals surface area contributed by atoms with E-state index in [0.29, 0.717) is 6.16 Å². The molecule has 28 heavy (non-hydrogen) atoms. The van der Waals surface area contributed by atoms with E-state index in [1.54, 1.807) is 0 Å². The molecular weight excluding hydrogens is 367 g/mol. The molecule has 0 amide bonds. The first-order valence-electron chi connectivity index (χ1n) is 9.67. The average Bonchev–Trinajstić information content (AvgIpc) is 2.68. The Labute approximate surface area is 168 Å². The Morgan fingerprint density at radius 3 is 1.18 bits per heavy atom. The first-order chi connectivity index (χ1) is 13.5. The Morgan fingerprint density at radius 1 is 0.571 bits per heavy atom. The van der Waals surface area contributed by atoms with Gasteiger partial charge in [-0.3, -0.25) is 13.6 Å². The fourth-order valence-corrected chi connectivity index (χ4v) is 5.34. The summed E-state index contributed by atoms with van der Waals surface area (Å²) in [6.07, 6.45) is 1.57. The van der Waals surface area contributed by atoms with Gasteiger partial charge in [0.25, 0.3) is 0 Å². The van der Waals surface area contributed by atoms with Gasteiger partial charge in [0.15, 0.2) is 23.4 Å². The van der Waals surface area contributed by atoms with E-state index in [0.717, 1.165) is 40.4 Å². The van der Waals surface area contributed by atoms with Crippen LogP contribution in [0.1, 0.15) is 30.0 Å². The molecule has 0 saturated carbocycles. The molecule has 3 aromatic carbocycles. The van der Waals surface area contributed by atoms with Crippen LogP contribution in [0.25, 0.3) is 0 Å². The summed E-state index contributed by atoms with van der Waals surface area (Å²) in [6, 6.07) is 24.0. The molecule has 0 unspecified atom stereocenters. The van der Waals surface area contributed by atoms with E-state index in [-0.39, 0.29) is 0 Å². The number of hydrogen-bond acceptors (Lipinski definition) is 3. The lowest BCUT2D eigenvalue weighted by Crippen LogP contribution is -2.19. The van der Waals surface area contributed by atoms with Crippen LogP contribution in [0.15, 0.2) is 72.8 Å². The monoisotopic (exact) mass is 395 g/mol. The van der Waals surface area contributed by atoms with Gasteiger partial charge in [0, 0.05) is 0 Å². The van der Waals surface area contributed by atoms with Gasteiger partial charge in [-0.15, -0.1) is 0 Å². The van der Waals surface area contributed by atoms with E-state index in [1.165, 1.54) is 0 Å². The maximum Gasteiger partial charge on any atom is 0.541 e. The van der Waals surface area contributed by atoms with Crippen molar-refractivity contribution in [1.82, 2.24) is 0 Å². The lowest BCUT2D eigenvalue weighted by molar-refractivity contribution is 0.350. The summed E-state index contributed by atoms with van der Waals surface area (Å²) in [4.78, 5) is 0. The fourth-order valence-electron chi connectivity index (χ4n) is 2.89. The van der Waals surface area contributed by atoms with Crippen molar-refractivity contribution >= 4 is 7.94 Å². The van der Waals surface area contributed by atoms with E-state index >= 15 is 0 Å². The second kappa shape index (κ2) is 9.12. The van der Waals surface area contributed by atoms with Crippen LogP contribution in [0.4, 0.5) is 0 Å². The second-order valence-corrected chi connectivity index (χ2v) is 9.12. The molecule has 3 nitrogen and oxygen atoms in total. The quantitative estimate of drug-likeness (QED) is 0.374. The topological polar surface area (TPSA) is 27.7 Å². The summed E-state index contributed by atoms with van der Waals surface area (Å²) in [5.74, 6) is 2.39. The highest BCUT2D eigenvalue weighted by Crippen LogP contribution is 2.61. The molecule has 0 atom stereocenters. The Morgan fingerprint density at radius 2 is 0.893 bits per heavy atom. The van der Waals surface area contributed by atoms with Crippen molar-refractivity contribution in [3.63, 3.8) is 0 Å². The van der Waals surface area contributed by atoms with Crippen LogP contribution < -0.4 is 13.6 Å². The van der Waals surface area contributed by atoms with Crippen LogP contribution in [-0.2, 0) is 0 Å². The van der Waals surface area contributed by atoms with Crippen LogP contribution in [0.2, 0.25) is 0 Å². The highest BCUT2D eigenvalue weighted by atomic mass is 31.2. The third-order valence-corrected chi connectivity index (χ3v) is 6.91. The molecule has 0 spiro atoms. The number of aryl methyl sites for hydroxylation is 3.